The molecule has 0 aliphatic rings. The van der Waals surface area contributed by atoms with Crippen LogP contribution in [0.3, 0.4) is 0 Å². The summed E-state index contributed by atoms with van der Waals surface area (Å²) in [5.41, 5.74) is 0.447. The molecular formula is C18H19F3N6OS. The number of pyridine rings is 1. The van der Waals surface area contributed by atoms with Gasteiger partial charge in [-0.1, -0.05) is 6.07 Å². The third kappa shape index (κ3) is 6.08. The lowest BCUT2D eigenvalue weighted by Gasteiger charge is -2.08. The van der Waals surface area contributed by atoms with E-state index in [9.17, 15) is 18.0 Å². The lowest BCUT2D eigenvalue weighted by molar-refractivity contribution is -0.141. The molecule has 0 atom stereocenters. The number of rotatable bonds is 9. The van der Waals surface area contributed by atoms with Gasteiger partial charge in [-0.25, -0.2) is 9.97 Å². The average Bonchev–Trinajstić information content (AvgIpc) is 3.16. The zero-order valence-electron chi connectivity index (χ0n) is 15.3. The highest BCUT2D eigenvalue weighted by molar-refractivity contribution is 7.98. The van der Waals surface area contributed by atoms with Gasteiger partial charge in [0.15, 0.2) is 0 Å². The fourth-order valence-electron chi connectivity index (χ4n) is 2.59. The molecule has 11 heteroatoms. The Morgan fingerprint density at radius 2 is 2.07 bits per heavy atom. The smallest absolute Gasteiger partial charge is 0.356 e. The Morgan fingerprint density at radius 1 is 1.21 bits per heavy atom. The molecule has 0 fully saturated rings. The molecule has 7 nitrogen and oxygen atoms in total. The number of H-pyrrole nitrogens is 2. The van der Waals surface area contributed by atoms with Gasteiger partial charge >= 0.3 is 6.18 Å². The highest BCUT2D eigenvalue weighted by Crippen LogP contribution is 2.31. The van der Waals surface area contributed by atoms with E-state index in [0.29, 0.717) is 36.7 Å². The molecule has 0 aliphatic carbocycles. The van der Waals surface area contributed by atoms with Crippen LogP contribution in [0.25, 0.3) is 0 Å². The van der Waals surface area contributed by atoms with E-state index in [-0.39, 0.29) is 17.0 Å². The van der Waals surface area contributed by atoms with Crippen LogP contribution in [0.15, 0.2) is 41.8 Å². The van der Waals surface area contributed by atoms with Gasteiger partial charge in [0.05, 0.1) is 12.0 Å². The Kier molecular flexibility index (Phi) is 6.91. The number of halogens is 3. The van der Waals surface area contributed by atoms with E-state index in [0.717, 1.165) is 11.9 Å². The van der Waals surface area contributed by atoms with Crippen molar-refractivity contribution in [3.63, 3.8) is 0 Å². The third-order valence-electron chi connectivity index (χ3n) is 3.99. The van der Waals surface area contributed by atoms with Crippen LogP contribution in [0.4, 0.5) is 19.1 Å². The Bertz CT molecular complexity index is 973. The lowest BCUT2D eigenvalue weighted by Crippen LogP contribution is -2.17. The van der Waals surface area contributed by atoms with E-state index in [2.05, 4.69) is 30.2 Å². The van der Waals surface area contributed by atoms with E-state index in [1.807, 2.05) is 6.07 Å². The summed E-state index contributed by atoms with van der Waals surface area (Å²) in [4.78, 5) is 28.9. The molecule has 0 aromatic carbocycles. The van der Waals surface area contributed by atoms with Crippen LogP contribution in [0, 0.1) is 0 Å². The molecule has 0 spiro atoms. The van der Waals surface area contributed by atoms with E-state index in [1.54, 1.807) is 18.5 Å². The molecular weight excluding hydrogens is 405 g/mol. The molecule has 0 saturated heterocycles. The molecule has 0 unspecified atom stereocenters. The first-order chi connectivity index (χ1) is 13.9. The summed E-state index contributed by atoms with van der Waals surface area (Å²) in [7, 11) is 0. The van der Waals surface area contributed by atoms with E-state index < -0.39 is 11.9 Å². The molecule has 3 aromatic rings. The topological polar surface area (TPSA) is 99.3 Å². The first kappa shape index (κ1) is 20.9. The minimum atomic E-state index is -4.42. The molecule has 0 saturated carbocycles. The van der Waals surface area contributed by atoms with Crippen LogP contribution in [-0.2, 0) is 18.3 Å². The van der Waals surface area contributed by atoms with Crippen LogP contribution in [-0.4, -0.2) is 37.2 Å². The van der Waals surface area contributed by atoms with Crippen molar-refractivity contribution in [1.29, 1.82) is 0 Å². The second-order valence-electron chi connectivity index (χ2n) is 6.18. The molecule has 0 radical (unpaired) electrons. The average molecular weight is 424 g/mol. The van der Waals surface area contributed by atoms with Crippen LogP contribution < -0.4 is 10.9 Å². The molecule has 3 N–H and O–H groups in total. The number of hydrogen-bond acceptors (Lipinski definition) is 6. The van der Waals surface area contributed by atoms with Gasteiger partial charge in [0.25, 0.3) is 5.56 Å². The number of thioether (sulfide) groups is 1. The normalized spacial score (nSPS) is 11.6. The molecule has 3 aromatic heterocycles. The zero-order valence-corrected chi connectivity index (χ0v) is 16.1. The second kappa shape index (κ2) is 9.59. The summed E-state index contributed by atoms with van der Waals surface area (Å²) >= 11 is 1.36. The number of nitrogens with one attached hydrogen (secondary N) is 3. The first-order valence-corrected chi connectivity index (χ1v) is 9.97. The van der Waals surface area contributed by atoms with Crippen LogP contribution >= 0.6 is 11.8 Å². The highest BCUT2D eigenvalue weighted by Gasteiger charge is 2.35. The molecule has 29 heavy (non-hydrogen) atoms. The molecule has 0 bridgehead atoms. The van der Waals surface area contributed by atoms with Gasteiger partial charge in [0.2, 0.25) is 5.95 Å². The van der Waals surface area contributed by atoms with Crippen molar-refractivity contribution in [2.24, 2.45) is 0 Å². The SMILES string of the molecule is O=c1[nH]c(NCCCSCc2nc[nH]c2C(F)(F)F)ncc1Cc1cccnc1. The minimum Gasteiger partial charge on any atom is -0.356 e. The Labute approximate surface area is 168 Å². The molecule has 154 valence electrons. The van der Waals surface area contributed by atoms with Crippen molar-refractivity contribution < 1.29 is 13.2 Å². The summed E-state index contributed by atoms with van der Waals surface area (Å²) in [6.07, 6.45) is 2.66. The summed E-state index contributed by atoms with van der Waals surface area (Å²) in [5.74, 6) is 1.18. The number of aromatic nitrogens is 5. The standard InChI is InChI=1S/C18H19F3N6OS/c19-18(20,21)15-14(25-11-26-15)10-29-6-2-5-23-17-24-9-13(16(28)27-17)7-12-3-1-4-22-8-12/h1,3-4,8-9,11H,2,5-7,10H2,(H,25,26)(H2,23,24,27,28). The van der Waals surface area contributed by atoms with Crippen LogP contribution in [0.1, 0.15) is 28.9 Å². The maximum absolute atomic E-state index is 12.8. The van der Waals surface area contributed by atoms with Gasteiger partial charge in [-0.15, -0.1) is 0 Å². The lowest BCUT2D eigenvalue weighted by atomic mass is 10.1. The maximum atomic E-state index is 12.8. The van der Waals surface area contributed by atoms with Gasteiger partial charge in [0, 0.05) is 42.9 Å². The molecule has 0 amide bonds. The monoisotopic (exact) mass is 424 g/mol. The van der Waals surface area contributed by atoms with Gasteiger partial charge in [-0.3, -0.25) is 14.8 Å². The van der Waals surface area contributed by atoms with Crippen molar-refractivity contribution in [2.45, 2.75) is 24.8 Å². The summed E-state index contributed by atoms with van der Waals surface area (Å²) < 4.78 is 38.3. The molecule has 3 rings (SSSR count). The Morgan fingerprint density at radius 3 is 2.79 bits per heavy atom. The molecule has 0 aliphatic heterocycles. The first-order valence-electron chi connectivity index (χ1n) is 8.81. The van der Waals surface area contributed by atoms with Crippen LogP contribution in [0.5, 0.6) is 0 Å². The Hall–Kier alpha value is -2.82. The van der Waals surface area contributed by atoms with Crippen molar-refractivity contribution in [3.8, 4) is 0 Å². The van der Waals surface area contributed by atoms with Crippen molar-refractivity contribution in [3.05, 3.63) is 69.9 Å². The van der Waals surface area contributed by atoms with E-state index >= 15 is 0 Å². The minimum absolute atomic E-state index is 0.00524. The predicted octanol–water partition coefficient (Wildman–Crippen LogP) is 3.23. The number of alkyl halides is 3. The third-order valence-corrected chi connectivity index (χ3v) is 5.04. The maximum Gasteiger partial charge on any atom is 0.433 e. The number of aromatic amines is 2. The number of hydrogen-bond donors (Lipinski definition) is 3. The van der Waals surface area contributed by atoms with Crippen molar-refractivity contribution >= 4 is 17.7 Å². The van der Waals surface area contributed by atoms with Gasteiger partial charge in [-0.2, -0.15) is 24.9 Å². The molecule has 3 heterocycles. The predicted molar refractivity (Wildman–Crippen MR) is 105 cm³/mol. The second-order valence-corrected chi connectivity index (χ2v) is 7.28. The summed E-state index contributed by atoms with van der Waals surface area (Å²) in [6.45, 7) is 0.532. The van der Waals surface area contributed by atoms with Gasteiger partial charge in [0.1, 0.15) is 5.69 Å². The summed E-state index contributed by atoms with van der Waals surface area (Å²) in [5, 5.41) is 3.01. The largest absolute Gasteiger partial charge is 0.433 e. The fourth-order valence-corrected chi connectivity index (χ4v) is 3.49. The zero-order chi connectivity index (χ0) is 20.7. The number of imidazole rings is 1. The number of nitrogens with zero attached hydrogens (tertiary/aromatic N) is 3. The van der Waals surface area contributed by atoms with Gasteiger partial charge < -0.3 is 10.3 Å². The van der Waals surface area contributed by atoms with E-state index in [4.69, 9.17) is 0 Å². The quantitative estimate of drug-likeness (QED) is 0.456. The fraction of sp³-hybridized carbons (Fsp3) is 0.333. The van der Waals surface area contributed by atoms with E-state index in [1.165, 1.54) is 18.0 Å². The number of anilines is 1. The van der Waals surface area contributed by atoms with Crippen molar-refractivity contribution in [1.82, 2.24) is 24.9 Å². The highest BCUT2D eigenvalue weighted by atomic mass is 32.2. The van der Waals surface area contributed by atoms with Crippen LogP contribution in [0.2, 0.25) is 0 Å². The van der Waals surface area contributed by atoms with Gasteiger partial charge in [-0.05, 0) is 23.8 Å². The Balaban J connectivity index is 1.40. The van der Waals surface area contributed by atoms with Crippen molar-refractivity contribution in [2.75, 3.05) is 17.6 Å². The summed E-state index contributed by atoms with van der Waals surface area (Å²) in [6, 6.07) is 3.69.